The SMILES string of the molecule is CC(C)n1cc(NC(=O)N(C)CC(C)(C)O)cn1. The lowest BCUT2D eigenvalue weighted by molar-refractivity contribution is 0.0550. The van der Waals surface area contributed by atoms with E-state index in [-0.39, 0.29) is 18.6 Å². The summed E-state index contributed by atoms with van der Waals surface area (Å²) in [6.45, 7) is 7.61. The lowest BCUT2D eigenvalue weighted by Gasteiger charge is -2.25. The van der Waals surface area contributed by atoms with Crippen LogP contribution >= 0.6 is 0 Å². The highest BCUT2D eigenvalue weighted by molar-refractivity contribution is 5.88. The van der Waals surface area contributed by atoms with Crippen molar-refractivity contribution in [1.29, 1.82) is 0 Å². The lowest BCUT2D eigenvalue weighted by atomic mass is 10.1. The minimum Gasteiger partial charge on any atom is -0.389 e. The number of nitrogens with zero attached hydrogens (tertiary/aromatic N) is 3. The molecule has 0 bridgehead atoms. The fourth-order valence-corrected chi connectivity index (χ4v) is 1.56. The van der Waals surface area contributed by atoms with Gasteiger partial charge in [-0.05, 0) is 27.7 Å². The summed E-state index contributed by atoms with van der Waals surface area (Å²) in [5.74, 6) is 0. The van der Waals surface area contributed by atoms with Gasteiger partial charge < -0.3 is 15.3 Å². The Balaban J connectivity index is 2.58. The van der Waals surface area contributed by atoms with Crippen LogP contribution in [0.15, 0.2) is 12.4 Å². The van der Waals surface area contributed by atoms with E-state index in [0.717, 1.165) is 0 Å². The summed E-state index contributed by atoms with van der Waals surface area (Å²) >= 11 is 0. The van der Waals surface area contributed by atoms with Crippen LogP contribution < -0.4 is 5.32 Å². The molecule has 0 aromatic carbocycles. The van der Waals surface area contributed by atoms with E-state index in [1.807, 2.05) is 13.8 Å². The van der Waals surface area contributed by atoms with Crippen LogP contribution in [0.3, 0.4) is 0 Å². The van der Waals surface area contributed by atoms with E-state index in [0.29, 0.717) is 5.69 Å². The maximum absolute atomic E-state index is 11.8. The number of urea groups is 1. The Kier molecular flexibility index (Phi) is 4.34. The second-order valence-electron chi connectivity index (χ2n) is 5.40. The fraction of sp³-hybridized carbons (Fsp3) is 0.667. The molecule has 0 aliphatic rings. The monoisotopic (exact) mass is 254 g/mol. The molecule has 18 heavy (non-hydrogen) atoms. The van der Waals surface area contributed by atoms with Gasteiger partial charge in [0.2, 0.25) is 0 Å². The summed E-state index contributed by atoms with van der Waals surface area (Å²) in [6.07, 6.45) is 3.39. The van der Waals surface area contributed by atoms with Crippen LogP contribution in [0.2, 0.25) is 0 Å². The van der Waals surface area contributed by atoms with Crippen molar-refractivity contribution in [2.75, 3.05) is 18.9 Å². The summed E-state index contributed by atoms with van der Waals surface area (Å²) in [6, 6.07) is -0.00909. The van der Waals surface area contributed by atoms with Crippen molar-refractivity contribution in [3.63, 3.8) is 0 Å². The summed E-state index contributed by atoms with van der Waals surface area (Å²) in [4.78, 5) is 13.3. The van der Waals surface area contributed by atoms with Gasteiger partial charge in [-0.25, -0.2) is 4.79 Å². The first-order chi connectivity index (χ1) is 8.19. The Morgan fingerprint density at radius 3 is 2.67 bits per heavy atom. The van der Waals surface area contributed by atoms with E-state index in [1.165, 1.54) is 4.90 Å². The first kappa shape index (κ1) is 14.5. The predicted molar refractivity (Wildman–Crippen MR) is 70.6 cm³/mol. The number of rotatable bonds is 4. The van der Waals surface area contributed by atoms with Gasteiger partial charge in [0.1, 0.15) is 0 Å². The number of aromatic nitrogens is 2. The molecule has 0 unspecified atom stereocenters. The van der Waals surface area contributed by atoms with Crippen molar-refractivity contribution in [3.05, 3.63) is 12.4 Å². The van der Waals surface area contributed by atoms with Gasteiger partial charge >= 0.3 is 6.03 Å². The third-order valence-corrected chi connectivity index (χ3v) is 2.35. The van der Waals surface area contributed by atoms with Crippen LogP contribution in [0.5, 0.6) is 0 Å². The van der Waals surface area contributed by atoms with Crippen molar-refractivity contribution in [2.45, 2.75) is 39.3 Å². The third kappa shape index (κ3) is 4.37. The molecular formula is C12H22N4O2. The van der Waals surface area contributed by atoms with Crippen LogP contribution in [0.4, 0.5) is 10.5 Å². The molecule has 6 nitrogen and oxygen atoms in total. The molecule has 0 atom stereocenters. The Hall–Kier alpha value is -1.56. The van der Waals surface area contributed by atoms with Crippen LogP contribution in [0.25, 0.3) is 0 Å². The highest BCUT2D eigenvalue weighted by Gasteiger charge is 2.19. The standard InChI is InChI=1S/C12H22N4O2/c1-9(2)16-7-10(6-13-16)14-11(17)15(5)8-12(3,4)18/h6-7,9,18H,8H2,1-5H3,(H,14,17). The lowest BCUT2D eigenvalue weighted by Crippen LogP contribution is -2.41. The van der Waals surface area contributed by atoms with Crippen molar-refractivity contribution in [1.82, 2.24) is 14.7 Å². The molecule has 6 heteroatoms. The number of anilines is 1. The van der Waals surface area contributed by atoms with Crippen LogP contribution in [0.1, 0.15) is 33.7 Å². The molecule has 0 saturated carbocycles. The van der Waals surface area contributed by atoms with Crippen molar-refractivity contribution in [2.24, 2.45) is 0 Å². The Morgan fingerprint density at radius 1 is 1.61 bits per heavy atom. The van der Waals surface area contributed by atoms with E-state index in [1.54, 1.807) is 38.0 Å². The Labute approximate surface area is 108 Å². The van der Waals surface area contributed by atoms with E-state index < -0.39 is 5.60 Å². The van der Waals surface area contributed by atoms with Crippen LogP contribution in [0, 0.1) is 0 Å². The Morgan fingerprint density at radius 2 is 2.22 bits per heavy atom. The molecule has 0 fully saturated rings. The molecular weight excluding hydrogens is 232 g/mol. The number of likely N-dealkylation sites (N-methyl/N-ethyl adjacent to an activating group) is 1. The van der Waals surface area contributed by atoms with Gasteiger partial charge in [0.05, 0.1) is 24.0 Å². The van der Waals surface area contributed by atoms with E-state index >= 15 is 0 Å². The number of aliphatic hydroxyl groups is 1. The van der Waals surface area contributed by atoms with Gasteiger partial charge in [0.15, 0.2) is 0 Å². The number of carbonyl (C=O) groups is 1. The summed E-state index contributed by atoms with van der Waals surface area (Å²) in [7, 11) is 1.64. The van der Waals surface area contributed by atoms with Gasteiger partial charge in [0.25, 0.3) is 0 Å². The molecule has 2 amide bonds. The predicted octanol–water partition coefficient (Wildman–Crippen LogP) is 1.70. The largest absolute Gasteiger partial charge is 0.389 e. The Bertz CT molecular complexity index is 406. The second-order valence-corrected chi connectivity index (χ2v) is 5.40. The van der Waals surface area contributed by atoms with Gasteiger partial charge in [-0.2, -0.15) is 5.10 Å². The summed E-state index contributed by atoms with van der Waals surface area (Å²) in [5, 5.41) is 16.5. The smallest absolute Gasteiger partial charge is 0.321 e. The first-order valence-corrected chi connectivity index (χ1v) is 5.97. The van der Waals surface area contributed by atoms with Crippen LogP contribution in [-0.2, 0) is 0 Å². The van der Waals surface area contributed by atoms with E-state index in [9.17, 15) is 9.90 Å². The van der Waals surface area contributed by atoms with Crippen molar-refractivity contribution in [3.8, 4) is 0 Å². The summed E-state index contributed by atoms with van der Waals surface area (Å²) in [5.41, 5.74) is -0.259. The first-order valence-electron chi connectivity index (χ1n) is 5.97. The topological polar surface area (TPSA) is 70.4 Å². The molecule has 102 valence electrons. The normalized spacial score (nSPS) is 11.7. The number of carbonyl (C=O) groups excluding carboxylic acids is 1. The quantitative estimate of drug-likeness (QED) is 0.859. The van der Waals surface area contributed by atoms with Crippen LogP contribution in [-0.4, -0.2) is 45.0 Å². The molecule has 1 aromatic heterocycles. The zero-order valence-corrected chi connectivity index (χ0v) is 11.6. The van der Waals surface area contributed by atoms with Gasteiger partial charge in [-0.1, -0.05) is 0 Å². The molecule has 0 spiro atoms. The molecule has 0 aliphatic heterocycles. The molecule has 0 radical (unpaired) electrons. The van der Waals surface area contributed by atoms with Crippen molar-refractivity contribution >= 4 is 11.7 Å². The highest BCUT2D eigenvalue weighted by Crippen LogP contribution is 2.11. The molecule has 1 rings (SSSR count). The number of hydrogen-bond donors (Lipinski definition) is 2. The van der Waals surface area contributed by atoms with Gasteiger partial charge in [-0.3, -0.25) is 4.68 Å². The third-order valence-electron chi connectivity index (χ3n) is 2.35. The average molecular weight is 254 g/mol. The van der Waals surface area contributed by atoms with Gasteiger partial charge in [0, 0.05) is 19.3 Å². The number of amides is 2. The zero-order valence-electron chi connectivity index (χ0n) is 11.6. The fourth-order valence-electron chi connectivity index (χ4n) is 1.56. The average Bonchev–Trinajstić information content (AvgIpc) is 2.63. The zero-order chi connectivity index (χ0) is 13.9. The number of nitrogens with one attached hydrogen (secondary N) is 1. The summed E-state index contributed by atoms with van der Waals surface area (Å²) < 4.78 is 1.77. The maximum atomic E-state index is 11.8. The number of hydrogen-bond acceptors (Lipinski definition) is 3. The van der Waals surface area contributed by atoms with Gasteiger partial charge in [-0.15, -0.1) is 0 Å². The van der Waals surface area contributed by atoms with E-state index in [4.69, 9.17) is 0 Å². The van der Waals surface area contributed by atoms with E-state index in [2.05, 4.69) is 10.4 Å². The molecule has 0 aliphatic carbocycles. The molecule has 1 aromatic rings. The molecule has 2 N–H and O–H groups in total. The minimum atomic E-state index is -0.909. The second kappa shape index (κ2) is 5.39. The highest BCUT2D eigenvalue weighted by atomic mass is 16.3. The van der Waals surface area contributed by atoms with Crippen molar-refractivity contribution < 1.29 is 9.90 Å². The molecule has 0 saturated heterocycles. The maximum Gasteiger partial charge on any atom is 0.321 e. The molecule has 1 heterocycles. The minimum absolute atomic E-state index is 0.254.